The van der Waals surface area contributed by atoms with E-state index in [0.717, 1.165) is 25.7 Å². The van der Waals surface area contributed by atoms with Crippen LogP contribution >= 0.6 is 0 Å². The van der Waals surface area contributed by atoms with E-state index < -0.39 is 18.2 Å². The van der Waals surface area contributed by atoms with E-state index in [4.69, 9.17) is 9.47 Å². The molecule has 0 bridgehead atoms. The van der Waals surface area contributed by atoms with Gasteiger partial charge in [-0.2, -0.15) is 0 Å². The summed E-state index contributed by atoms with van der Waals surface area (Å²) in [5, 5.41) is 2.89. The van der Waals surface area contributed by atoms with Gasteiger partial charge in [-0.3, -0.25) is 4.79 Å². The Balaban J connectivity index is 2.31. The number of esters is 1. The highest BCUT2D eigenvalue weighted by Gasteiger charge is 2.25. The van der Waals surface area contributed by atoms with Crippen LogP contribution < -0.4 is 5.32 Å². The van der Waals surface area contributed by atoms with Crippen LogP contribution in [-0.4, -0.2) is 36.7 Å². The Labute approximate surface area is 114 Å². The molecule has 0 aliphatic heterocycles. The van der Waals surface area contributed by atoms with E-state index in [9.17, 15) is 9.59 Å². The van der Waals surface area contributed by atoms with E-state index in [1.807, 2.05) is 0 Å². The normalized spacial score (nSPS) is 18.6. The average molecular weight is 269 g/mol. The zero-order valence-electron chi connectivity index (χ0n) is 11.7. The van der Waals surface area contributed by atoms with Crippen LogP contribution in [-0.2, 0) is 19.1 Å². The fraction of sp³-hybridized carbons (Fsp3) is 0.714. The van der Waals surface area contributed by atoms with Crippen molar-refractivity contribution in [3.63, 3.8) is 0 Å². The van der Waals surface area contributed by atoms with Crippen LogP contribution in [0.2, 0.25) is 0 Å². The molecule has 2 unspecified atom stereocenters. The quantitative estimate of drug-likeness (QED) is 0.563. The second-order valence-corrected chi connectivity index (χ2v) is 4.83. The second kappa shape index (κ2) is 7.94. The lowest BCUT2D eigenvalue weighted by Gasteiger charge is -2.19. The number of carbonyl (C=O) groups is 2. The lowest BCUT2D eigenvalue weighted by atomic mass is 10.2. The maximum atomic E-state index is 11.8. The van der Waals surface area contributed by atoms with E-state index >= 15 is 0 Å². The maximum Gasteiger partial charge on any atom is 0.335 e. The van der Waals surface area contributed by atoms with Crippen LogP contribution in [0, 0.1) is 0 Å². The molecule has 1 fully saturated rings. The van der Waals surface area contributed by atoms with Gasteiger partial charge in [0.15, 0.2) is 12.2 Å². The summed E-state index contributed by atoms with van der Waals surface area (Å²) < 4.78 is 10.2. The van der Waals surface area contributed by atoms with Crippen molar-refractivity contribution in [3.8, 4) is 0 Å². The molecule has 0 aromatic rings. The fourth-order valence-electron chi connectivity index (χ4n) is 1.99. The van der Waals surface area contributed by atoms with Crippen LogP contribution in [0.25, 0.3) is 0 Å². The van der Waals surface area contributed by atoms with Gasteiger partial charge in [-0.25, -0.2) is 4.79 Å². The Bertz CT molecular complexity index is 323. The Morgan fingerprint density at radius 2 is 1.95 bits per heavy atom. The molecule has 1 amide bonds. The first kappa shape index (κ1) is 15.7. The van der Waals surface area contributed by atoms with Crippen LogP contribution in [0.1, 0.15) is 39.5 Å². The molecule has 1 saturated carbocycles. The number of carbonyl (C=O) groups excluding carboxylic acids is 2. The Morgan fingerprint density at radius 3 is 2.53 bits per heavy atom. The molecule has 0 spiro atoms. The van der Waals surface area contributed by atoms with Crippen molar-refractivity contribution in [2.75, 3.05) is 6.61 Å². The summed E-state index contributed by atoms with van der Waals surface area (Å²) >= 11 is 0. The summed E-state index contributed by atoms with van der Waals surface area (Å²) in [6.45, 7) is 6.94. The minimum Gasteiger partial charge on any atom is -0.451 e. The highest BCUT2D eigenvalue weighted by atomic mass is 16.6. The van der Waals surface area contributed by atoms with Gasteiger partial charge in [0.25, 0.3) is 5.91 Å². The van der Waals surface area contributed by atoms with Gasteiger partial charge in [0.05, 0.1) is 6.61 Å². The number of hydrogen-bond donors (Lipinski definition) is 1. The van der Waals surface area contributed by atoms with Crippen LogP contribution in [0.5, 0.6) is 0 Å². The van der Waals surface area contributed by atoms with Crippen LogP contribution in [0.3, 0.4) is 0 Å². The topological polar surface area (TPSA) is 64.6 Å². The summed E-state index contributed by atoms with van der Waals surface area (Å²) in [7, 11) is 0. The second-order valence-electron chi connectivity index (χ2n) is 4.83. The molecule has 0 aromatic carbocycles. The molecule has 1 aliphatic carbocycles. The van der Waals surface area contributed by atoms with Crippen molar-refractivity contribution in [1.82, 2.24) is 5.32 Å². The molecule has 1 N–H and O–H groups in total. The van der Waals surface area contributed by atoms with Crippen LogP contribution in [0.4, 0.5) is 0 Å². The molecule has 0 aromatic heterocycles. The summed E-state index contributed by atoms with van der Waals surface area (Å²) in [5.74, 6) is -0.771. The SMILES string of the molecule is C=CCOC(C)C(=O)OC(C)C(=O)NC1CCCC1. The first-order valence-electron chi connectivity index (χ1n) is 6.78. The maximum absolute atomic E-state index is 11.8. The van der Waals surface area contributed by atoms with Gasteiger partial charge in [-0.05, 0) is 26.7 Å². The fourth-order valence-corrected chi connectivity index (χ4v) is 1.99. The van der Waals surface area contributed by atoms with E-state index in [1.165, 1.54) is 0 Å². The van der Waals surface area contributed by atoms with E-state index in [1.54, 1.807) is 19.9 Å². The minimum absolute atomic E-state index is 0.225. The molecule has 0 saturated heterocycles. The van der Waals surface area contributed by atoms with E-state index in [0.29, 0.717) is 0 Å². The van der Waals surface area contributed by atoms with Gasteiger partial charge in [0.2, 0.25) is 0 Å². The van der Waals surface area contributed by atoms with Gasteiger partial charge < -0.3 is 14.8 Å². The van der Waals surface area contributed by atoms with Crippen molar-refractivity contribution in [1.29, 1.82) is 0 Å². The summed E-state index contributed by atoms with van der Waals surface area (Å²) in [4.78, 5) is 23.5. The largest absolute Gasteiger partial charge is 0.451 e. The van der Waals surface area contributed by atoms with Crippen LogP contribution in [0.15, 0.2) is 12.7 Å². The molecule has 0 radical (unpaired) electrons. The molecule has 2 atom stereocenters. The third-order valence-corrected chi connectivity index (χ3v) is 3.16. The third-order valence-electron chi connectivity index (χ3n) is 3.16. The standard InChI is InChI=1S/C14H23NO4/c1-4-9-18-11(3)14(17)19-10(2)13(16)15-12-7-5-6-8-12/h4,10-12H,1,5-9H2,2-3H3,(H,15,16). The first-order valence-corrected chi connectivity index (χ1v) is 6.78. The van der Waals surface area contributed by atoms with Gasteiger partial charge in [0, 0.05) is 6.04 Å². The molecule has 19 heavy (non-hydrogen) atoms. The molecule has 5 nitrogen and oxygen atoms in total. The number of ether oxygens (including phenoxy) is 2. The average Bonchev–Trinajstić information content (AvgIpc) is 2.88. The Morgan fingerprint density at radius 1 is 1.32 bits per heavy atom. The minimum atomic E-state index is -0.789. The third kappa shape index (κ3) is 5.42. The monoisotopic (exact) mass is 269 g/mol. The Kier molecular flexibility index (Phi) is 6.56. The zero-order chi connectivity index (χ0) is 14.3. The number of nitrogens with one attached hydrogen (secondary N) is 1. The molecule has 0 heterocycles. The molecule has 5 heteroatoms. The molecule has 108 valence electrons. The van der Waals surface area contributed by atoms with E-state index in [2.05, 4.69) is 11.9 Å². The number of amides is 1. The highest BCUT2D eigenvalue weighted by Crippen LogP contribution is 2.17. The molecule has 1 aliphatic rings. The summed E-state index contributed by atoms with van der Waals surface area (Å²) in [5.41, 5.74) is 0. The van der Waals surface area contributed by atoms with Gasteiger partial charge in [-0.1, -0.05) is 18.9 Å². The molecular formula is C14H23NO4. The van der Waals surface area contributed by atoms with Crippen molar-refractivity contribution in [2.24, 2.45) is 0 Å². The predicted molar refractivity (Wildman–Crippen MR) is 71.6 cm³/mol. The first-order chi connectivity index (χ1) is 9.04. The van der Waals surface area contributed by atoms with E-state index in [-0.39, 0.29) is 18.6 Å². The van der Waals surface area contributed by atoms with Crippen molar-refractivity contribution < 1.29 is 19.1 Å². The summed E-state index contributed by atoms with van der Waals surface area (Å²) in [6, 6.07) is 0.225. The van der Waals surface area contributed by atoms with Crippen molar-refractivity contribution in [3.05, 3.63) is 12.7 Å². The lowest BCUT2D eigenvalue weighted by molar-refractivity contribution is -0.164. The van der Waals surface area contributed by atoms with Gasteiger partial charge in [-0.15, -0.1) is 6.58 Å². The molecule has 1 rings (SSSR count). The van der Waals surface area contributed by atoms with Gasteiger partial charge in [0.1, 0.15) is 0 Å². The molecular weight excluding hydrogens is 246 g/mol. The number of rotatable bonds is 7. The summed E-state index contributed by atoms with van der Waals surface area (Å²) in [6.07, 6.45) is 4.37. The lowest BCUT2D eigenvalue weighted by Crippen LogP contribution is -2.42. The van der Waals surface area contributed by atoms with Gasteiger partial charge >= 0.3 is 5.97 Å². The zero-order valence-corrected chi connectivity index (χ0v) is 11.7. The predicted octanol–water partition coefficient (Wildman–Crippen LogP) is 1.57. The smallest absolute Gasteiger partial charge is 0.335 e. The number of hydrogen-bond acceptors (Lipinski definition) is 4. The Hall–Kier alpha value is -1.36. The van der Waals surface area contributed by atoms with Crippen molar-refractivity contribution in [2.45, 2.75) is 57.8 Å². The van der Waals surface area contributed by atoms with Crippen molar-refractivity contribution >= 4 is 11.9 Å². The highest BCUT2D eigenvalue weighted by molar-refractivity contribution is 5.84.